The lowest BCUT2D eigenvalue weighted by molar-refractivity contribution is 0.624. The number of fused-ring (bicyclic) bond motifs is 1. The van der Waals surface area contributed by atoms with Crippen LogP contribution in [0.3, 0.4) is 0 Å². The van der Waals surface area contributed by atoms with Crippen LogP contribution < -0.4 is 0 Å². The predicted octanol–water partition coefficient (Wildman–Crippen LogP) is 5.64. The number of hydrogen-bond donors (Lipinski definition) is 0. The van der Waals surface area contributed by atoms with Crippen LogP contribution >= 0.6 is 0 Å². The molecule has 0 unspecified atom stereocenters. The van der Waals surface area contributed by atoms with Crippen molar-refractivity contribution in [3.05, 3.63) is 84.2 Å². The minimum Gasteiger partial charge on any atom is -0.206 e. The lowest BCUT2D eigenvalue weighted by Gasteiger charge is -2.07. The number of nitrogens with zero attached hydrogens (tertiary/aromatic N) is 1. The third kappa shape index (κ3) is 3.14. The number of nitriles is 1. The summed E-state index contributed by atoms with van der Waals surface area (Å²) in [6.45, 7) is 3.75. The van der Waals surface area contributed by atoms with Crippen LogP contribution in [-0.2, 0) is 6.42 Å². The molecule has 0 N–H and O–H groups in total. The van der Waals surface area contributed by atoms with E-state index in [1.807, 2.05) is 24.3 Å². The fourth-order valence-corrected chi connectivity index (χ4v) is 2.68. The van der Waals surface area contributed by atoms with Gasteiger partial charge in [0.2, 0.25) is 0 Å². The summed E-state index contributed by atoms with van der Waals surface area (Å²) in [7, 11) is 0. The number of aryl methyl sites for hydroxylation is 1. The van der Waals surface area contributed by atoms with Gasteiger partial charge in [0.25, 0.3) is 0 Å². The Morgan fingerprint density at radius 3 is 2.39 bits per heavy atom. The Morgan fingerprint density at radius 1 is 0.957 bits per heavy atom. The Kier molecular flexibility index (Phi) is 4.21. The van der Waals surface area contributed by atoms with Crippen molar-refractivity contribution in [2.45, 2.75) is 12.8 Å². The van der Waals surface area contributed by atoms with Crippen LogP contribution in [-0.4, -0.2) is 0 Å². The Hall–Kier alpha value is -2.92. The van der Waals surface area contributed by atoms with Crippen LogP contribution in [0.2, 0.25) is 0 Å². The first-order valence-corrected chi connectivity index (χ1v) is 7.55. The van der Waals surface area contributed by atoms with Crippen LogP contribution in [0.1, 0.15) is 17.5 Å². The molecular weight excluding hydrogens is 285 g/mol. The molecule has 0 heterocycles. The van der Waals surface area contributed by atoms with E-state index >= 15 is 0 Å². The SMILES string of the molecule is C=CCCc1ccc2cc(-c3ccc(C#N)c(F)c3)ccc2c1. The van der Waals surface area contributed by atoms with Gasteiger partial charge in [-0.3, -0.25) is 0 Å². The molecule has 3 aromatic carbocycles. The topological polar surface area (TPSA) is 23.8 Å². The first-order valence-electron chi connectivity index (χ1n) is 7.55. The van der Waals surface area contributed by atoms with E-state index < -0.39 is 5.82 Å². The van der Waals surface area contributed by atoms with Gasteiger partial charge in [0.15, 0.2) is 0 Å². The van der Waals surface area contributed by atoms with Crippen LogP contribution in [0.15, 0.2) is 67.3 Å². The molecule has 0 aliphatic rings. The van der Waals surface area contributed by atoms with E-state index in [1.165, 1.54) is 23.1 Å². The van der Waals surface area contributed by atoms with Gasteiger partial charge in [-0.2, -0.15) is 5.26 Å². The molecule has 0 aliphatic heterocycles. The second-order valence-corrected chi connectivity index (χ2v) is 5.53. The quantitative estimate of drug-likeness (QED) is 0.572. The zero-order valence-electron chi connectivity index (χ0n) is 12.7. The number of benzene rings is 3. The maximum absolute atomic E-state index is 13.8. The van der Waals surface area contributed by atoms with E-state index in [9.17, 15) is 4.39 Å². The Balaban J connectivity index is 1.98. The maximum atomic E-state index is 13.8. The fourth-order valence-electron chi connectivity index (χ4n) is 2.68. The molecule has 0 aromatic heterocycles. The summed E-state index contributed by atoms with van der Waals surface area (Å²) >= 11 is 0. The molecule has 112 valence electrons. The van der Waals surface area contributed by atoms with Crippen molar-refractivity contribution < 1.29 is 4.39 Å². The molecule has 0 fully saturated rings. The average molecular weight is 301 g/mol. The van der Waals surface area contributed by atoms with E-state index in [1.54, 1.807) is 6.07 Å². The Morgan fingerprint density at radius 2 is 1.65 bits per heavy atom. The largest absolute Gasteiger partial charge is 0.206 e. The molecule has 2 heteroatoms. The molecule has 0 saturated heterocycles. The maximum Gasteiger partial charge on any atom is 0.141 e. The van der Waals surface area contributed by atoms with Crippen molar-refractivity contribution >= 4 is 10.8 Å². The molecule has 0 aliphatic carbocycles. The zero-order chi connectivity index (χ0) is 16.2. The van der Waals surface area contributed by atoms with E-state index in [4.69, 9.17) is 5.26 Å². The number of halogens is 1. The van der Waals surface area contributed by atoms with Crippen LogP contribution in [0.25, 0.3) is 21.9 Å². The highest BCUT2D eigenvalue weighted by Gasteiger charge is 2.06. The first-order chi connectivity index (χ1) is 11.2. The van der Waals surface area contributed by atoms with E-state index in [-0.39, 0.29) is 5.56 Å². The fraction of sp³-hybridized carbons (Fsp3) is 0.0952. The van der Waals surface area contributed by atoms with Gasteiger partial charge in [-0.05, 0) is 58.5 Å². The van der Waals surface area contributed by atoms with Crippen LogP contribution in [0, 0.1) is 17.1 Å². The molecule has 0 bridgehead atoms. The summed E-state index contributed by atoms with van der Waals surface area (Å²) in [4.78, 5) is 0. The van der Waals surface area contributed by atoms with Crippen molar-refractivity contribution in [3.63, 3.8) is 0 Å². The predicted molar refractivity (Wildman–Crippen MR) is 92.6 cm³/mol. The van der Waals surface area contributed by atoms with Crippen molar-refractivity contribution in [1.29, 1.82) is 5.26 Å². The van der Waals surface area contributed by atoms with Gasteiger partial charge >= 0.3 is 0 Å². The number of rotatable bonds is 4. The average Bonchev–Trinajstić information content (AvgIpc) is 2.59. The first kappa shape index (κ1) is 15.0. The number of hydrogen-bond acceptors (Lipinski definition) is 1. The third-order valence-electron chi connectivity index (χ3n) is 3.96. The van der Waals surface area contributed by atoms with Crippen molar-refractivity contribution in [3.8, 4) is 17.2 Å². The second kappa shape index (κ2) is 6.46. The lowest BCUT2D eigenvalue weighted by atomic mass is 9.98. The molecule has 0 saturated carbocycles. The van der Waals surface area contributed by atoms with Gasteiger partial charge in [0.05, 0.1) is 5.56 Å². The summed E-state index contributed by atoms with van der Waals surface area (Å²) in [5.74, 6) is -0.482. The highest BCUT2D eigenvalue weighted by atomic mass is 19.1. The standard InChI is InChI=1S/C21H16FN/c1-2-3-4-15-5-6-17-12-18(8-7-16(17)11-15)19-9-10-20(14-23)21(22)13-19/h2,5-13H,1,3-4H2. The Labute approximate surface area is 135 Å². The smallest absolute Gasteiger partial charge is 0.141 e. The van der Waals surface area contributed by atoms with Gasteiger partial charge in [0, 0.05) is 0 Å². The van der Waals surface area contributed by atoms with E-state index in [0.29, 0.717) is 0 Å². The molecule has 0 atom stereocenters. The molecular formula is C21H16FN. The van der Waals surface area contributed by atoms with Gasteiger partial charge in [-0.1, -0.05) is 42.5 Å². The summed E-state index contributed by atoms with van der Waals surface area (Å²) in [5.41, 5.74) is 3.08. The molecule has 1 nitrogen and oxygen atoms in total. The minimum absolute atomic E-state index is 0.0707. The minimum atomic E-state index is -0.482. The highest BCUT2D eigenvalue weighted by Crippen LogP contribution is 2.26. The van der Waals surface area contributed by atoms with Crippen molar-refractivity contribution in [1.82, 2.24) is 0 Å². The van der Waals surface area contributed by atoms with Crippen LogP contribution in [0.5, 0.6) is 0 Å². The second-order valence-electron chi connectivity index (χ2n) is 5.53. The van der Waals surface area contributed by atoms with Crippen molar-refractivity contribution in [2.24, 2.45) is 0 Å². The van der Waals surface area contributed by atoms with Gasteiger partial charge in [-0.25, -0.2) is 4.39 Å². The summed E-state index contributed by atoms with van der Waals surface area (Å²) in [6.07, 6.45) is 3.88. The monoisotopic (exact) mass is 301 g/mol. The van der Waals surface area contributed by atoms with Crippen molar-refractivity contribution in [2.75, 3.05) is 0 Å². The number of allylic oxidation sites excluding steroid dienone is 1. The summed E-state index contributed by atoms with van der Waals surface area (Å²) in [6, 6.07) is 19.0. The van der Waals surface area contributed by atoms with E-state index in [0.717, 1.165) is 29.4 Å². The molecule has 23 heavy (non-hydrogen) atoms. The summed E-state index contributed by atoms with van der Waals surface area (Å²) in [5, 5.41) is 11.1. The third-order valence-corrected chi connectivity index (χ3v) is 3.96. The van der Waals surface area contributed by atoms with Gasteiger partial charge in [0.1, 0.15) is 11.9 Å². The highest BCUT2D eigenvalue weighted by molar-refractivity contribution is 5.88. The molecule has 0 spiro atoms. The molecule has 3 rings (SSSR count). The van der Waals surface area contributed by atoms with Gasteiger partial charge < -0.3 is 0 Å². The summed E-state index contributed by atoms with van der Waals surface area (Å²) < 4.78 is 13.8. The lowest BCUT2D eigenvalue weighted by Crippen LogP contribution is -1.87. The van der Waals surface area contributed by atoms with Gasteiger partial charge in [-0.15, -0.1) is 6.58 Å². The molecule has 3 aromatic rings. The van der Waals surface area contributed by atoms with E-state index in [2.05, 4.69) is 30.8 Å². The van der Waals surface area contributed by atoms with Crippen LogP contribution in [0.4, 0.5) is 4.39 Å². The molecule has 0 amide bonds. The Bertz CT molecular complexity index is 919. The normalized spacial score (nSPS) is 10.4. The molecule has 0 radical (unpaired) electrons. The zero-order valence-corrected chi connectivity index (χ0v) is 12.7.